The van der Waals surface area contributed by atoms with Gasteiger partial charge in [0.2, 0.25) is 11.8 Å². The van der Waals surface area contributed by atoms with Crippen molar-refractivity contribution in [1.82, 2.24) is 5.32 Å². The average molecular weight is 540 g/mol. The van der Waals surface area contributed by atoms with Crippen molar-refractivity contribution in [1.29, 1.82) is 0 Å². The third kappa shape index (κ3) is 4.05. The first-order valence-corrected chi connectivity index (χ1v) is 12.0. The van der Waals surface area contributed by atoms with Gasteiger partial charge in [-0.15, -0.1) is 0 Å². The largest absolute Gasteiger partial charge is 0.480 e. The van der Waals surface area contributed by atoms with Crippen molar-refractivity contribution in [3.63, 3.8) is 0 Å². The van der Waals surface area contributed by atoms with Crippen molar-refractivity contribution in [2.45, 2.75) is 18.0 Å². The van der Waals surface area contributed by atoms with Crippen molar-refractivity contribution in [2.75, 3.05) is 4.90 Å². The summed E-state index contributed by atoms with van der Waals surface area (Å²) < 4.78 is 0. The van der Waals surface area contributed by atoms with Gasteiger partial charge in [-0.05, 0) is 29.3 Å². The average Bonchev–Trinajstić information content (AvgIpc) is 3.34. The second kappa shape index (κ2) is 9.26. The van der Waals surface area contributed by atoms with Crippen LogP contribution in [0.1, 0.15) is 17.2 Å². The van der Waals surface area contributed by atoms with E-state index in [1.54, 1.807) is 30.3 Å². The molecule has 37 heavy (non-hydrogen) atoms. The van der Waals surface area contributed by atoms with Gasteiger partial charge in [-0.2, -0.15) is 0 Å². The van der Waals surface area contributed by atoms with Crippen LogP contribution in [0.4, 0.5) is 11.4 Å². The quantitative estimate of drug-likeness (QED) is 0.269. The zero-order valence-corrected chi connectivity index (χ0v) is 20.5. The Bertz CT molecular complexity index is 1430. The van der Waals surface area contributed by atoms with Crippen LogP contribution >= 0.6 is 23.2 Å². The van der Waals surface area contributed by atoms with E-state index in [1.807, 2.05) is 0 Å². The maximum absolute atomic E-state index is 13.9. The van der Waals surface area contributed by atoms with Gasteiger partial charge in [0.1, 0.15) is 5.54 Å². The summed E-state index contributed by atoms with van der Waals surface area (Å²) in [4.78, 5) is 52.2. The Balaban J connectivity index is 1.66. The molecule has 4 atom stereocenters. The molecule has 2 N–H and O–H groups in total. The van der Waals surface area contributed by atoms with Crippen LogP contribution in [-0.4, -0.2) is 33.4 Å². The summed E-state index contributed by atoms with van der Waals surface area (Å²) in [6, 6.07) is 17.7. The van der Waals surface area contributed by atoms with Crippen LogP contribution in [0.2, 0.25) is 10.0 Å². The molecule has 9 nitrogen and oxygen atoms in total. The normalized spacial score (nSPS) is 24.8. The van der Waals surface area contributed by atoms with Crippen LogP contribution in [-0.2, 0) is 20.8 Å². The molecule has 3 aromatic rings. The van der Waals surface area contributed by atoms with Gasteiger partial charge >= 0.3 is 5.97 Å². The number of nitrogens with zero attached hydrogens (tertiary/aromatic N) is 2. The van der Waals surface area contributed by atoms with Crippen molar-refractivity contribution >= 4 is 52.4 Å². The highest BCUT2D eigenvalue weighted by Crippen LogP contribution is 2.51. The molecule has 2 amide bonds. The number of halogens is 2. The van der Waals surface area contributed by atoms with Crippen molar-refractivity contribution in [3.05, 3.63) is 104 Å². The molecule has 0 aliphatic carbocycles. The highest BCUT2D eigenvalue weighted by molar-refractivity contribution is 6.38. The molecular weight excluding hydrogens is 521 g/mol. The minimum atomic E-state index is -1.83. The third-order valence-electron chi connectivity index (χ3n) is 6.98. The van der Waals surface area contributed by atoms with Gasteiger partial charge in [-0.1, -0.05) is 65.7 Å². The molecule has 3 aromatic carbocycles. The summed E-state index contributed by atoms with van der Waals surface area (Å²) in [7, 11) is 0. The molecule has 2 heterocycles. The predicted octanol–water partition coefficient (Wildman–Crippen LogP) is 4.42. The first-order chi connectivity index (χ1) is 17.6. The van der Waals surface area contributed by atoms with E-state index in [2.05, 4.69) is 5.32 Å². The minimum Gasteiger partial charge on any atom is -0.480 e. The summed E-state index contributed by atoms with van der Waals surface area (Å²) in [5.74, 6) is -4.98. The third-order valence-corrected chi connectivity index (χ3v) is 7.51. The predicted molar refractivity (Wildman–Crippen MR) is 135 cm³/mol. The number of non-ortho nitro benzene ring substituents is 1. The molecule has 5 rings (SSSR count). The fourth-order valence-electron chi connectivity index (χ4n) is 5.35. The molecule has 188 valence electrons. The fraction of sp³-hybridized carbons (Fsp3) is 0.192. The highest BCUT2D eigenvalue weighted by atomic mass is 35.5. The van der Waals surface area contributed by atoms with E-state index >= 15 is 0 Å². The Morgan fingerprint density at radius 3 is 2.30 bits per heavy atom. The van der Waals surface area contributed by atoms with E-state index in [0.717, 1.165) is 4.90 Å². The number of carbonyl (C=O) groups is 3. The van der Waals surface area contributed by atoms with Crippen LogP contribution in [0.3, 0.4) is 0 Å². The van der Waals surface area contributed by atoms with E-state index < -0.39 is 46.1 Å². The van der Waals surface area contributed by atoms with Crippen LogP contribution in [0.5, 0.6) is 0 Å². The fourth-order valence-corrected chi connectivity index (χ4v) is 5.84. The summed E-state index contributed by atoms with van der Waals surface area (Å²) >= 11 is 12.3. The number of rotatable bonds is 6. The van der Waals surface area contributed by atoms with E-state index in [-0.39, 0.29) is 22.8 Å². The van der Waals surface area contributed by atoms with Crippen LogP contribution < -0.4 is 10.2 Å². The van der Waals surface area contributed by atoms with Crippen molar-refractivity contribution in [2.24, 2.45) is 11.8 Å². The smallest absolute Gasteiger partial charge is 0.325 e. The standard InChI is InChI=1S/C26H19Cl2N3O6/c27-16-8-11-19(18(28)12-16)30-23(32)20-21(24(30)33)26(25(34)35,13-14-4-2-1-3-5-14)29-22(20)15-6-9-17(10-7-15)31(36)37/h1-12,20-22,29H,13H2,(H,34,35). The monoisotopic (exact) mass is 539 g/mol. The lowest BCUT2D eigenvalue weighted by molar-refractivity contribution is -0.384. The van der Waals surface area contributed by atoms with Gasteiger partial charge in [-0.3, -0.25) is 29.8 Å². The van der Waals surface area contributed by atoms with Crippen LogP contribution in [0.15, 0.2) is 72.8 Å². The molecule has 4 unspecified atom stereocenters. The molecule has 2 saturated heterocycles. The number of hydrogen-bond donors (Lipinski definition) is 2. The van der Waals surface area contributed by atoms with Gasteiger partial charge in [0.15, 0.2) is 0 Å². The van der Waals surface area contributed by atoms with Crippen molar-refractivity contribution < 1.29 is 24.4 Å². The van der Waals surface area contributed by atoms with Gasteiger partial charge in [0.25, 0.3) is 5.69 Å². The number of aliphatic carboxylic acids is 1. The number of carboxylic acid groups (broad SMARTS) is 1. The molecule has 2 aliphatic heterocycles. The summed E-state index contributed by atoms with van der Waals surface area (Å²) in [5.41, 5.74) is -0.781. The Labute approximate surface area is 220 Å². The molecule has 0 radical (unpaired) electrons. The highest BCUT2D eigenvalue weighted by Gasteiger charge is 2.68. The number of nitro groups is 1. The molecule has 0 spiro atoms. The second-order valence-electron chi connectivity index (χ2n) is 9.02. The number of hydrogen-bond acceptors (Lipinski definition) is 6. The van der Waals surface area contributed by atoms with Gasteiger partial charge in [0.05, 0.1) is 27.5 Å². The topological polar surface area (TPSA) is 130 Å². The second-order valence-corrected chi connectivity index (χ2v) is 9.86. The van der Waals surface area contributed by atoms with Gasteiger partial charge < -0.3 is 5.11 Å². The number of amides is 2. The van der Waals surface area contributed by atoms with E-state index in [4.69, 9.17) is 23.2 Å². The molecule has 11 heteroatoms. The van der Waals surface area contributed by atoms with Crippen LogP contribution in [0, 0.1) is 22.0 Å². The molecule has 0 saturated carbocycles. The molecule has 0 bridgehead atoms. The number of imide groups is 1. The van der Waals surface area contributed by atoms with Gasteiger partial charge in [-0.25, -0.2) is 4.90 Å². The zero-order chi connectivity index (χ0) is 26.5. The Hall–Kier alpha value is -3.79. The lowest BCUT2D eigenvalue weighted by atomic mass is 9.76. The van der Waals surface area contributed by atoms with Gasteiger partial charge in [0, 0.05) is 29.6 Å². The lowest BCUT2D eigenvalue weighted by Gasteiger charge is -2.31. The number of nitro benzene ring substituents is 1. The zero-order valence-electron chi connectivity index (χ0n) is 19.0. The van der Waals surface area contributed by atoms with E-state index in [1.165, 1.54) is 42.5 Å². The Morgan fingerprint density at radius 2 is 1.70 bits per heavy atom. The number of carboxylic acids is 1. The molecule has 0 aromatic heterocycles. The Kier molecular flexibility index (Phi) is 6.23. The number of anilines is 1. The maximum atomic E-state index is 13.9. The molecule has 2 aliphatic rings. The summed E-state index contributed by atoms with van der Waals surface area (Å²) in [5, 5.41) is 25.1. The molecular formula is C26H19Cl2N3O6. The maximum Gasteiger partial charge on any atom is 0.325 e. The SMILES string of the molecule is O=C1C2C(c3ccc([N+](=O)[O-])cc3)NC(Cc3ccccc3)(C(=O)O)C2C(=O)N1c1ccc(Cl)cc1Cl. The van der Waals surface area contributed by atoms with E-state index in [9.17, 15) is 29.6 Å². The number of benzene rings is 3. The summed E-state index contributed by atoms with van der Waals surface area (Å²) in [6.07, 6.45) is -0.0744. The van der Waals surface area contributed by atoms with E-state index in [0.29, 0.717) is 16.1 Å². The number of fused-ring (bicyclic) bond motifs is 1. The first kappa shape index (κ1) is 24.9. The Morgan fingerprint density at radius 1 is 1.03 bits per heavy atom. The lowest BCUT2D eigenvalue weighted by Crippen LogP contribution is -2.57. The van der Waals surface area contributed by atoms with Crippen LogP contribution in [0.25, 0.3) is 0 Å². The molecule has 2 fully saturated rings. The van der Waals surface area contributed by atoms with Crippen molar-refractivity contribution in [3.8, 4) is 0 Å². The minimum absolute atomic E-state index is 0.0676. The first-order valence-electron chi connectivity index (χ1n) is 11.3. The number of carbonyl (C=O) groups excluding carboxylic acids is 2. The summed E-state index contributed by atoms with van der Waals surface area (Å²) in [6.45, 7) is 0. The number of nitrogens with one attached hydrogen (secondary N) is 1.